The lowest BCUT2D eigenvalue weighted by atomic mass is 9.90. The Bertz CT molecular complexity index is 1380. The van der Waals surface area contributed by atoms with E-state index in [1.165, 1.54) is 0 Å². The van der Waals surface area contributed by atoms with Gasteiger partial charge in [0.2, 0.25) is 0 Å². The number of amidine groups is 1. The smallest absolute Gasteiger partial charge is 0.313 e. The molecule has 2 unspecified atom stereocenters. The molecule has 2 aliphatic heterocycles. The molecule has 2 N–H and O–H groups in total. The summed E-state index contributed by atoms with van der Waals surface area (Å²) >= 11 is 6.51. The van der Waals surface area contributed by atoms with Gasteiger partial charge in [0.1, 0.15) is 12.5 Å². The number of hydrogen-bond donors (Lipinski definition) is 2. The Morgan fingerprint density at radius 2 is 1.82 bits per heavy atom. The summed E-state index contributed by atoms with van der Waals surface area (Å²) in [6.07, 6.45) is -0.0836. The molecule has 0 radical (unpaired) electrons. The second-order valence-electron chi connectivity index (χ2n) is 9.10. The lowest BCUT2D eigenvalue weighted by Crippen LogP contribution is -2.43. The maximum absolute atomic E-state index is 11.8. The van der Waals surface area contributed by atoms with Crippen LogP contribution in [0.25, 0.3) is 11.1 Å². The fourth-order valence-corrected chi connectivity index (χ4v) is 5.20. The van der Waals surface area contributed by atoms with Crippen LogP contribution in [0.4, 0.5) is 0 Å². The molecule has 0 saturated heterocycles. The van der Waals surface area contributed by atoms with Gasteiger partial charge in [-0.25, -0.2) is 5.53 Å². The number of fused-ring (bicyclic) bond motifs is 3. The van der Waals surface area contributed by atoms with E-state index in [9.17, 15) is 4.79 Å². The van der Waals surface area contributed by atoms with E-state index in [1.54, 1.807) is 26.3 Å². The summed E-state index contributed by atoms with van der Waals surface area (Å²) in [5.74, 6) is 1.40. The van der Waals surface area contributed by atoms with Crippen LogP contribution in [0.2, 0.25) is 5.02 Å². The molecular weight excluding hydrogens is 520 g/mol. The molecule has 204 valence electrons. The third-order valence-corrected chi connectivity index (χ3v) is 6.95. The summed E-state index contributed by atoms with van der Waals surface area (Å²) in [5.41, 5.74) is 11.0. The van der Waals surface area contributed by atoms with E-state index >= 15 is 0 Å². The van der Waals surface area contributed by atoms with Crippen molar-refractivity contribution >= 4 is 23.4 Å². The van der Waals surface area contributed by atoms with E-state index in [-0.39, 0.29) is 18.5 Å². The molecule has 3 aromatic carbocycles. The Morgan fingerprint density at radius 3 is 2.62 bits per heavy atom. The number of methoxy groups -OCH3 is 2. The van der Waals surface area contributed by atoms with Crippen molar-refractivity contribution in [3.8, 4) is 22.6 Å². The van der Waals surface area contributed by atoms with Gasteiger partial charge in [0.05, 0.1) is 26.9 Å². The van der Waals surface area contributed by atoms with E-state index < -0.39 is 6.10 Å². The summed E-state index contributed by atoms with van der Waals surface area (Å²) in [4.78, 5) is 11.8. The van der Waals surface area contributed by atoms with Gasteiger partial charge < -0.3 is 18.9 Å². The fraction of sp³-hybridized carbons (Fsp3) is 0.310. The highest BCUT2D eigenvalue weighted by molar-refractivity contribution is 6.30. The van der Waals surface area contributed by atoms with Crippen molar-refractivity contribution in [1.82, 2.24) is 16.1 Å². The van der Waals surface area contributed by atoms with E-state index in [1.807, 2.05) is 48.5 Å². The van der Waals surface area contributed by atoms with Gasteiger partial charge in [0.25, 0.3) is 0 Å². The molecule has 0 saturated carbocycles. The number of ether oxygens (including phenoxy) is 4. The first-order valence-corrected chi connectivity index (χ1v) is 13.2. The second kappa shape index (κ2) is 11.9. The third-order valence-electron chi connectivity index (χ3n) is 6.71. The molecule has 0 amide bonds. The van der Waals surface area contributed by atoms with E-state index in [2.05, 4.69) is 28.2 Å². The molecule has 0 fully saturated rings. The Labute approximate surface area is 232 Å². The van der Waals surface area contributed by atoms with Crippen molar-refractivity contribution < 1.29 is 23.7 Å². The molecule has 0 aliphatic carbocycles. The molecule has 0 bridgehead atoms. The van der Waals surface area contributed by atoms with Crippen molar-refractivity contribution in [2.24, 2.45) is 5.10 Å². The first-order chi connectivity index (χ1) is 19.0. The molecule has 3 aromatic rings. The van der Waals surface area contributed by atoms with Crippen LogP contribution in [-0.4, -0.2) is 44.3 Å². The van der Waals surface area contributed by atoms with E-state index in [0.717, 1.165) is 27.8 Å². The number of hydrazone groups is 1. The van der Waals surface area contributed by atoms with Crippen LogP contribution in [0.3, 0.4) is 0 Å². The number of nitrogens with zero attached hydrogens (tertiary/aromatic N) is 2. The van der Waals surface area contributed by atoms with E-state index in [0.29, 0.717) is 41.9 Å². The molecule has 2 atom stereocenters. The molecular formula is C29H31ClN4O5. The maximum Gasteiger partial charge on any atom is 0.313 e. The van der Waals surface area contributed by atoms with Crippen molar-refractivity contribution in [3.05, 3.63) is 82.4 Å². The second-order valence-corrected chi connectivity index (χ2v) is 9.54. The fourth-order valence-electron chi connectivity index (χ4n) is 5.02. The van der Waals surface area contributed by atoms with Crippen LogP contribution in [0, 0.1) is 0 Å². The van der Waals surface area contributed by atoms with Crippen LogP contribution >= 0.6 is 11.6 Å². The van der Waals surface area contributed by atoms with Gasteiger partial charge in [-0.1, -0.05) is 54.1 Å². The Morgan fingerprint density at radius 1 is 1.03 bits per heavy atom. The third kappa shape index (κ3) is 5.66. The standard InChI is InChI=1S/C29H31ClN4O5/c1-4-38-27(35)17-26-31-33-34(32-26)15-14-24-21-9-6-5-8-19(21)20-13-12-18(30)16-23(20)28(39-24)22-10-7-11-25(36-2)29(22)37-3/h5-13,16,24,28,33H,4,14-15,17H2,1-3H3,(H,31,32). The number of halogens is 1. The minimum Gasteiger partial charge on any atom is -0.493 e. The van der Waals surface area contributed by atoms with Gasteiger partial charge in [-0.05, 0) is 53.8 Å². The van der Waals surface area contributed by atoms with Crippen molar-refractivity contribution in [2.75, 3.05) is 27.4 Å². The van der Waals surface area contributed by atoms with Crippen LogP contribution in [0.5, 0.6) is 11.5 Å². The molecule has 0 spiro atoms. The number of benzene rings is 3. The Hall–Kier alpha value is -3.79. The lowest BCUT2D eigenvalue weighted by molar-refractivity contribution is -0.141. The monoisotopic (exact) mass is 550 g/mol. The molecule has 2 heterocycles. The SMILES string of the molecule is CCOC(=O)CC1=NNN(CCC2OC(c3cccc(OC)c3OC)c3cc(Cl)ccc3-c3ccccc32)N1. The van der Waals surface area contributed by atoms with Gasteiger partial charge in [-0.2, -0.15) is 0 Å². The van der Waals surface area contributed by atoms with Crippen molar-refractivity contribution in [1.29, 1.82) is 0 Å². The summed E-state index contributed by atoms with van der Waals surface area (Å²) in [6, 6.07) is 19.9. The highest BCUT2D eigenvalue weighted by Gasteiger charge is 2.33. The average Bonchev–Trinajstić information content (AvgIpc) is 3.34. The number of carbonyl (C=O) groups excluding carboxylic acids is 1. The van der Waals surface area contributed by atoms with Gasteiger partial charge in [0.15, 0.2) is 17.3 Å². The van der Waals surface area contributed by atoms with Crippen molar-refractivity contribution in [3.63, 3.8) is 0 Å². The molecule has 5 rings (SSSR count). The van der Waals surface area contributed by atoms with Gasteiger partial charge in [-0.15, -0.1) is 10.2 Å². The first-order valence-electron chi connectivity index (χ1n) is 12.8. The number of hydrazine groups is 2. The average molecular weight is 551 g/mol. The Balaban J connectivity index is 1.46. The lowest BCUT2D eigenvalue weighted by Gasteiger charge is -2.27. The minimum absolute atomic E-state index is 0.0634. The molecule has 0 aromatic heterocycles. The van der Waals surface area contributed by atoms with Crippen molar-refractivity contribution in [2.45, 2.75) is 32.0 Å². The predicted molar refractivity (Wildman–Crippen MR) is 148 cm³/mol. The number of para-hydroxylation sites is 1. The number of nitrogens with one attached hydrogen (secondary N) is 2. The predicted octanol–water partition coefficient (Wildman–Crippen LogP) is 5.17. The molecule has 2 aliphatic rings. The zero-order valence-electron chi connectivity index (χ0n) is 22.1. The minimum atomic E-state index is -0.476. The molecule has 39 heavy (non-hydrogen) atoms. The largest absolute Gasteiger partial charge is 0.493 e. The first kappa shape index (κ1) is 26.8. The highest BCUT2D eigenvalue weighted by Crippen LogP contribution is 2.49. The number of rotatable bonds is 9. The van der Waals surface area contributed by atoms with Gasteiger partial charge in [0, 0.05) is 17.1 Å². The number of carbonyl (C=O) groups is 1. The van der Waals surface area contributed by atoms with Crippen LogP contribution in [0.1, 0.15) is 48.7 Å². The zero-order valence-corrected chi connectivity index (χ0v) is 22.8. The topological polar surface area (TPSA) is 93.7 Å². The summed E-state index contributed by atoms with van der Waals surface area (Å²) in [7, 11) is 3.25. The Kier molecular flexibility index (Phi) is 8.21. The summed E-state index contributed by atoms with van der Waals surface area (Å²) in [6.45, 7) is 2.64. The van der Waals surface area contributed by atoms with Crippen LogP contribution < -0.4 is 20.4 Å². The molecule has 9 nitrogen and oxygen atoms in total. The van der Waals surface area contributed by atoms with Crippen LogP contribution in [0.15, 0.2) is 65.8 Å². The number of hydrogen-bond acceptors (Lipinski definition) is 9. The summed E-state index contributed by atoms with van der Waals surface area (Å²) in [5, 5.41) is 6.56. The normalized spacial score (nSPS) is 18.1. The van der Waals surface area contributed by atoms with Gasteiger partial charge in [-0.3, -0.25) is 10.2 Å². The quantitative estimate of drug-likeness (QED) is 0.353. The van der Waals surface area contributed by atoms with Gasteiger partial charge >= 0.3 is 5.97 Å². The number of esters is 1. The summed E-state index contributed by atoms with van der Waals surface area (Å²) < 4.78 is 23.4. The van der Waals surface area contributed by atoms with Crippen LogP contribution in [-0.2, 0) is 14.3 Å². The zero-order chi connectivity index (χ0) is 27.4. The molecule has 10 heteroatoms. The highest BCUT2D eigenvalue weighted by atomic mass is 35.5. The maximum atomic E-state index is 11.8. The van der Waals surface area contributed by atoms with E-state index in [4.69, 9.17) is 30.5 Å².